The van der Waals surface area contributed by atoms with E-state index in [-0.39, 0.29) is 11.1 Å². The van der Waals surface area contributed by atoms with Crippen molar-refractivity contribution >= 4 is 11.6 Å². The van der Waals surface area contributed by atoms with E-state index in [9.17, 15) is 4.39 Å². The van der Waals surface area contributed by atoms with Crippen LogP contribution in [0.4, 0.5) is 4.39 Å². The summed E-state index contributed by atoms with van der Waals surface area (Å²) < 4.78 is 19.0. The minimum atomic E-state index is -0.405. The van der Waals surface area contributed by atoms with Crippen molar-refractivity contribution in [3.63, 3.8) is 0 Å². The molecule has 3 rings (SSSR count). The second-order valence-corrected chi connectivity index (χ2v) is 5.20. The first-order valence-corrected chi connectivity index (χ1v) is 6.49. The van der Waals surface area contributed by atoms with E-state index in [1.807, 2.05) is 0 Å². The molecule has 1 fully saturated rings. The van der Waals surface area contributed by atoms with Gasteiger partial charge in [-0.15, -0.1) is 0 Å². The Kier molecular flexibility index (Phi) is 2.97. The highest BCUT2D eigenvalue weighted by Gasteiger charge is 2.28. The fourth-order valence-electron chi connectivity index (χ4n) is 2.27. The van der Waals surface area contributed by atoms with Gasteiger partial charge in [0.2, 0.25) is 0 Å². The molecule has 1 aromatic carbocycles. The van der Waals surface area contributed by atoms with Crippen LogP contribution in [0.5, 0.6) is 5.75 Å². The first kappa shape index (κ1) is 11.3. The number of hydrogen-bond acceptors (Lipinski definition) is 2. The summed E-state index contributed by atoms with van der Waals surface area (Å²) >= 11 is 5.86. The molecule has 1 aromatic rings. The Morgan fingerprint density at radius 2 is 2.12 bits per heavy atom. The maximum Gasteiger partial charge on any atom is 0.145 e. The van der Waals surface area contributed by atoms with Crippen molar-refractivity contribution < 1.29 is 9.13 Å². The summed E-state index contributed by atoms with van der Waals surface area (Å²) in [4.78, 5) is 0. The molecular weight excluding hydrogens is 241 g/mol. The number of rotatable bonds is 2. The van der Waals surface area contributed by atoms with Gasteiger partial charge < -0.3 is 10.1 Å². The van der Waals surface area contributed by atoms with Gasteiger partial charge in [0.05, 0.1) is 11.6 Å². The Hall–Kier alpha value is -0.800. The Morgan fingerprint density at radius 1 is 1.29 bits per heavy atom. The van der Waals surface area contributed by atoms with Crippen LogP contribution in [0.2, 0.25) is 5.02 Å². The lowest BCUT2D eigenvalue weighted by atomic mass is 10.0. The largest absolute Gasteiger partial charge is 0.493 e. The van der Waals surface area contributed by atoms with E-state index < -0.39 is 5.82 Å². The Morgan fingerprint density at radius 3 is 2.88 bits per heavy atom. The fraction of sp³-hybridized carbons (Fsp3) is 0.538. The van der Waals surface area contributed by atoms with Crippen LogP contribution in [-0.4, -0.2) is 12.6 Å². The molecule has 1 N–H and O–H groups in total. The van der Waals surface area contributed by atoms with Crippen molar-refractivity contribution in [2.45, 2.75) is 37.8 Å². The molecule has 0 spiro atoms. The molecule has 0 bridgehead atoms. The van der Waals surface area contributed by atoms with Crippen molar-refractivity contribution in [3.8, 4) is 5.75 Å². The van der Waals surface area contributed by atoms with Crippen LogP contribution in [0.25, 0.3) is 0 Å². The lowest BCUT2D eigenvalue weighted by molar-refractivity contribution is 0.313. The maximum absolute atomic E-state index is 13.4. The predicted octanol–water partition coefficient (Wildman–Crippen LogP) is 3.44. The molecule has 92 valence electrons. The summed E-state index contributed by atoms with van der Waals surface area (Å²) in [6.45, 7) is 0.650. The molecule has 0 aromatic heterocycles. The summed E-state index contributed by atoms with van der Waals surface area (Å²) in [7, 11) is 0. The summed E-state index contributed by atoms with van der Waals surface area (Å²) in [6.07, 6.45) is 4.48. The van der Waals surface area contributed by atoms with E-state index in [4.69, 9.17) is 16.3 Å². The molecule has 0 saturated heterocycles. The van der Waals surface area contributed by atoms with E-state index in [0.717, 1.165) is 18.4 Å². The Balaban J connectivity index is 1.94. The quantitative estimate of drug-likeness (QED) is 0.874. The lowest BCUT2D eigenvalue weighted by Gasteiger charge is -2.18. The van der Waals surface area contributed by atoms with Gasteiger partial charge in [-0.1, -0.05) is 11.6 Å². The van der Waals surface area contributed by atoms with E-state index >= 15 is 0 Å². The first-order chi connectivity index (χ1) is 8.24. The number of halogens is 2. The molecule has 1 aliphatic heterocycles. The summed E-state index contributed by atoms with van der Waals surface area (Å²) in [5.74, 6) is 0.236. The first-order valence-electron chi connectivity index (χ1n) is 6.12. The number of benzene rings is 1. The summed E-state index contributed by atoms with van der Waals surface area (Å²) in [6, 6.07) is 3.98. The third kappa shape index (κ3) is 2.40. The molecule has 1 unspecified atom stereocenters. The molecule has 17 heavy (non-hydrogen) atoms. The number of ether oxygens (including phenoxy) is 1. The highest BCUT2D eigenvalue weighted by molar-refractivity contribution is 6.30. The van der Waals surface area contributed by atoms with Gasteiger partial charge in [-0.25, -0.2) is 4.39 Å². The summed E-state index contributed by atoms with van der Waals surface area (Å²) in [5, 5.41) is 3.75. The van der Waals surface area contributed by atoms with Crippen LogP contribution >= 0.6 is 11.6 Å². The second kappa shape index (κ2) is 4.46. The fourth-order valence-corrected chi connectivity index (χ4v) is 2.45. The molecule has 0 radical (unpaired) electrons. The third-order valence-electron chi connectivity index (χ3n) is 3.34. The van der Waals surface area contributed by atoms with Crippen molar-refractivity contribution in [2.24, 2.45) is 0 Å². The van der Waals surface area contributed by atoms with E-state index in [0.29, 0.717) is 18.4 Å². The van der Waals surface area contributed by atoms with E-state index in [1.54, 1.807) is 6.07 Å². The lowest BCUT2D eigenvalue weighted by Crippen LogP contribution is -2.23. The molecule has 4 heteroatoms. The van der Waals surface area contributed by atoms with Crippen LogP contribution in [0, 0.1) is 5.82 Å². The topological polar surface area (TPSA) is 21.3 Å². The second-order valence-electron chi connectivity index (χ2n) is 4.79. The molecule has 1 atom stereocenters. The van der Waals surface area contributed by atoms with Gasteiger partial charge in [0.1, 0.15) is 11.6 Å². The van der Waals surface area contributed by atoms with Crippen LogP contribution in [-0.2, 0) is 0 Å². The zero-order valence-corrected chi connectivity index (χ0v) is 10.3. The van der Waals surface area contributed by atoms with Crippen LogP contribution in [0.15, 0.2) is 12.1 Å². The highest BCUT2D eigenvalue weighted by atomic mass is 35.5. The smallest absolute Gasteiger partial charge is 0.145 e. The minimum absolute atomic E-state index is 0.178. The van der Waals surface area contributed by atoms with Gasteiger partial charge in [0.15, 0.2) is 0 Å². The van der Waals surface area contributed by atoms with Crippen LogP contribution < -0.4 is 10.1 Å². The molecule has 1 heterocycles. The normalized spacial score (nSPS) is 23.8. The van der Waals surface area contributed by atoms with Gasteiger partial charge >= 0.3 is 0 Å². The van der Waals surface area contributed by atoms with Crippen molar-refractivity contribution in [3.05, 3.63) is 28.5 Å². The van der Waals surface area contributed by atoms with Gasteiger partial charge in [-0.05, 0) is 31.7 Å². The van der Waals surface area contributed by atoms with Crippen molar-refractivity contribution in [1.82, 2.24) is 5.32 Å². The SMILES string of the molecule is Fc1cc2c(cc1Cl)C(NC1CC1)CCCO2. The minimum Gasteiger partial charge on any atom is -0.493 e. The van der Waals surface area contributed by atoms with E-state index in [2.05, 4.69) is 5.32 Å². The zero-order valence-electron chi connectivity index (χ0n) is 9.51. The Bertz CT molecular complexity index is 434. The molecule has 2 aliphatic rings. The van der Waals surface area contributed by atoms with Gasteiger partial charge in [0, 0.05) is 23.7 Å². The van der Waals surface area contributed by atoms with Gasteiger partial charge in [-0.3, -0.25) is 0 Å². The standard InChI is InChI=1S/C13H15ClFNO/c14-10-6-9-12(16-8-3-4-8)2-1-5-17-13(9)7-11(10)15/h6-8,12,16H,1-5H2. The molecule has 1 aliphatic carbocycles. The predicted molar refractivity (Wildman–Crippen MR) is 65.0 cm³/mol. The molecular formula is C13H15ClFNO. The molecule has 0 amide bonds. The van der Waals surface area contributed by atoms with Gasteiger partial charge in [0.25, 0.3) is 0 Å². The Labute approximate surface area is 105 Å². The van der Waals surface area contributed by atoms with Gasteiger partial charge in [-0.2, -0.15) is 0 Å². The average molecular weight is 256 g/mol. The average Bonchev–Trinajstić information content (AvgIpc) is 3.11. The number of nitrogens with one attached hydrogen (secondary N) is 1. The summed E-state index contributed by atoms with van der Waals surface area (Å²) in [5.41, 5.74) is 1.00. The molecule has 1 saturated carbocycles. The zero-order chi connectivity index (χ0) is 11.8. The van der Waals surface area contributed by atoms with E-state index in [1.165, 1.54) is 18.9 Å². The third-order valence-corrected chi connectivity index (χ3v) is 3.63. The highest BCUT2D eigenvalue weighted by Crippen LogP contribution is 2.37. The van der Waals surface area contributed by atoms with Crippen molar-refractivity contribution in [2.75, 3.05) is 6.61 Å². The number of hydrogen-bond donors (Lipinski definition) is 1. The monoisotopic (exact) mass is 255 g/mol. The molecule has 2 nitrogen and oxygen atoms in total. The van der Waals surface area contributed by atoms with Crippen molar-refractivity contribution in [1.29, 1.82) is 0 Å². The van der Waals surface area contributed by atoms with Crippen LogP contribution in [0.1, 0.15) is 37.3 Å². The maximum atomic E-state index is 13.4. The van der Waals surface area contributed by atoms with Crippen LogP contribution in [0.3, 0.4) is 0 Å². The number of fused-ring (bicyclic) bond motifs is 1.